The van der Waals surface area contributed by atoms with E-state index in [4.69, 9.17) is 5.10 Å². The molecule has 1 aliphatic rings. The van der Waals surface area contributed by atoms with Crippen molar-refractivity contribution in [3.8, 4) is 11.4 Å². The number of nitrogens with zero attached hydrogens (tertiary/aromatic N) is 5. The molecule has 1 aromatic carbocycles. The quantitative estimate of drug-likeness (QED) is 0.697. The lowest BCUT2D eigenvalue weighted by Crippen LogP contribution is -2.45. The van der Waals surface area contributed by atoms with E-state index in [2.05, 4.69) is 34.3 Å². The number of nitrogens with one attached hydrogen (secondary N) is 1. The minimum Gasteiger partial charge on any atom is -0.354 e. The highest BCUT2D eigenvalue weighted by atomic mass is 16.2. The van der Waals surface area contributed by atoms with Gasteiger partial charge in [0.15, 0.2) is 11.5 Å². The maximum Gasteiger partial charge on any atom is 0.225 e. The zero-order chi connectivity index (χ0) is 20.2. The molecule has 1 N–H and O–H groups in total. The molecule has 7 heteroatoms. The Morgan fingerprint density at radius 1 is 1.21 bits per heavy atom. The molecule has 152 valence electrons. The van der Waals surface area contributed by atoms with Gasteiger partial charge in [-0.25, -0.2) is 0 Å². The van der Waals surface area contributed by atoms with Gasteiger partial charge in [0.05, 0.1) is 5.92 Å². The molecule has 7 nitrogen and oxygen atoms in total. The van der Waals surface area contributed by atoms with Gasteiger partial charge in [0, 0.05) is 24.7 Å². The summed E-state index contributed by atoms with van der Waals surface area (Å²) in [6, 6.07) is 14.1. The van der Waals surface area contributed by atoms with Crippen LogP contribution in [0.15, 0.2) is 42.5 Å². The Bertz CT molecular complexity index is 970. The highest BCUT2D eigenvalue weighted by Gasteiger charge is 2.27. The summed E-state index contributed by atoms with van der Waals surface area (Å²) in [5, 5.41) is 16.5. The van der Waals surface area contributed by atoms with Crippen LogP contribution in [0, 0.1) is 5.92 Å². The predicted molar refractivity (Wildman–Crippen MR) is 114 cm³/mol. The molecule has 1 aliphatic heterocycles. The van der Waals surface area contributed by atoms with Crippen LogP contribution in [-0.2, 0) is 4.79 Å². The summed E-state index contributed by atoms with van der Waals surface area (Å²) in [7, 11) is 0. The van der Waals surface area contributed by atoms with Gasteiger partial charge in [-0.2, -0.15) is 4.52 Å². The number of hydrogen-bond donors (Lipinski definition) is 1. The largest absolute Gasteiger partial charge is 0.354 e. The van der Waals surface area contributed by atoms with Crippen molar-refractivity contribution in [2.45, 2.75) is 45.6 Å². The van der Waals surface area contributed by atoms with Gasteiger partial charge in [0.1, 0.15) is 5.82 Å². The van der Waals surface area contributed by atoms with E-state index in [1.165, 1.54) is 0 Å². The molecular weight excluding hydrogens is 364 g/mol. The van der Waals surface area contributed by atoms with Crippen molar-refractivity contribution in [2.24, 2.45) is 5.92 Å². The molecule has 3 heterocycles. The van der Waals surface area contributed by atoms with Gasteiger partial charge in [-0.1, -0.05) is 43.7 Å². The Kier molecular flexibility index (Phi) is 5.74. The lowest BCUT2D eigenvalue weighted by Gasteiger charge is -2.33. The van der Waals surface area contributed by atoms with Gasteiger partial charge in [0.2, 0.25) is 5.91 Å². The fraction of sp³-hybridized carbons (Fsp3) is 0.455. The lowest BCUT2D eigenvalue weighted by molar-refractivity contribution is -0.125. The molecule has 3 aromatic rings. The Balaban J connectivity index is 1.54. The first-order valence-electron chi connectivity index (χ1n) is 10.5. The number of fused-ring (bicyclic) bond motifs is 1. The Labute approximate surface area is 171 Å². The van der Waals surface area contributed by atoms with Crippen molar-refractivity contribution in [1.82, 2.24) is 25.1 Å². The zero-order valence-electron chi connectivity index (χ0n) is 17.1. The zero-order valence-corrected chi connectivity index (χ0v) is 17.1. The number of piperidine rings is 1. The summed E-state index contributed by atoms with van der Waals surface area (Å²) in [5.74, 6) is 1.73. The molecule has 1 saturated heterocycles. The van der Waals surface area contributed by atoms with Crippen molar-refractivity contribution in [3.63, 3.8) is 0 Å². The number of benzene rings is 1. The highest BCUT2D eigenvalue weighted by molar-refractivity contribution is 5.79. The molecule has 4 rings (SSSR count). The van der Waals surface area contributed by atoms with Gasteiger partial charge in [0.25, 0.3) is 0 Å². The molecule has 2 aromatic heterocycles. The maximum absolute atomic E-state index is 12.7. The number of amides is 1. The Hall–Kier alpha value is -2.96. The van der Waals surface area contributed by atoms with E-state index in [9.17, 15) is 4.79 Å². The van der Waals surface area contributed by atoms with Crippen LogP contribution < -0.4 is 10.2 Å². The van der Waals surface area contributed by atoms with Crippen LogP contribution in [-0.4, -0.2) is 44.8 Å². The van der Waals surface area contributed by atoms with Crippen molar-refractivity contribution < 1.29 is 4.79 Å². The predicted octanol–water partition coefficient (Wildman–Crippen LogP) is 3.31. The van der Waals surface area contributed by atoms with E-state index in [1.54, 1.807) is 4.52 Å². The first kappa shape index (κ1) is 19.4. The number of carbonyl (C=O) groups is 1. The standard InChI is InChI=1S/C22H28N6O/c1-3-8-16(2)23-22(29)18-11-7-14-27(15-18)20-13-12-19-24-25-21(28(19)26-20)17-9-5-4-6-10-17/h4-6,9-10,12-13,16,18H,3,7-8,11,14-15H2,1-2H3,(H,23,29). The van der Waals surface area contributed by atoms with Gasteiger partial charge in [-0.15, -0.1) is 15.3 Å². The van der Waals surface area contributed by atoms with Gasteiger partial charge >= 0.3 is 0 Å². The van der Waals surface area contributed by atoms with E-state index >= 15 is 0 Å². The van der Waals surface area contributed by atoms with Crippen molar-refractivity contribution >= 4 is 17.4 Å². The molecule has 29 heavy (non-hydrogen) atoms. The third kappa shape index (κ3) is 4.23. The third-order valence-electron chi connectivity index (χ3n) is 5.51. The van der Waals surface area contributed by atoms with Gasteiger partial charge in [-0.05, 0) is 38.3 Å². The summed E-state index contributed by atoms with van der Waals surface area (Å²) in [6.07, 6.45) is 3.99. The Morgan fingerprint density at radius 3 is 2.83 bits per heavy atom. The van der Waals surface area contributed by atoms with E-state index in [1.807, 2.05) is 42.5 Å². The molecule has 0 spiro atoms. The smallest absolute Gasteiger partial charge is 0.225 e. The molecular formula is C22H28N6O. The molecule has 2 unspecified atom stereocenters. The van der Waals surface area contributed by atoms with Crippen LogP contribution >= 0.6 is 0 Å². The van der Waals surface area contributed by atoms with Crippen LogP contribution in [0.3, 0.4) is 0 Å². The second kappa shape index (κ2) is 8.59. The SMILES string of the molecule is CCCC(C)NC(=O)C1CCCN(c2ccc3nnc(-c4ccccc4)n3n2)C1. The summed E-state index contributed by atoms with van der Waals surface area (Å²) >= 11 is 0. The molecule has 0 bridgehead atoms. The number of rotatable bonds is 6. The van der Waals surface area contributed by atoms with Crippen molar-refractivity contribution in [3.05, 3.63) is 42.5 Å². The third-order valence-corrected chi connectivity index (χ3v) is 5.51. The maximum atomic E-state index is 12.7. The topological polar surface area (TPSA) is 75.4 Å². The van der Waals surface area contributed by atoms with E-state index in [0.29, 0.717) is 12.2 Å². The lowest BCUT2D eigenvalue weighted by atomic mass is 9.96. The molecule has 0 aliphatic carbocycles. The van der Waals surface area contributed by atoms with Crippen molar-refractivity contribution in [1.29, 1.82) is 0 Å². The average Bonchev–Trinajstić information content (AvgIpc) is 3.18. The number of hydrogen-bond acceptors (Lipinski definition) is 5. The summed E-state index contributed by atoms with van der Waals surface area (Å²) in [4.78, 5) is 14.9. The minimum absolute atomic E-state index is 0.00457. The first-order chi connectivity index (χ1) is 14.2. The van der Waals surface area contributed by atoms with Crippen molar-refractivity contribution in [2.75, 3.05) is 18.0 Å². The molecule has 0 radical (unpaired) electrons. The van der Waals surface area contributed by atoms with Gasteiger partial charge < -0.3 is 10.2 Å². The van der Waals surface area contributed by atoms with Crippen LogP contribution in [0.25, 0.3) is 17.0 Å². The van der Waals surface area contributed by atoms with Crippen LogP contribution in [0.5, 0.6) is 0 Å². The monoisotopic (exact) mass is 392 g/mol. The highest BCUT2D eigenvalue weighted by Crippen LogP contribution is 2.24. The van der Waals surface area contributed by atoms with Gasteiger partial charge in [-0.3, -0.25) is 4.79 Å². The summed E-state index contributed by atoms with van der Waals surface area (Å²) in [6.45, 7) is 5.80. The molecule has 0 saturated carbocycles. The van der Waals surface area contributed by atoms with E-state index in [-0.39, 0.29) is 17.9 Å². The molecule has 1 amide bonds. The molecule has 2 atom stereocenters. The van der Waals surface area contributed by atoms with E-state index in [0.717, 1.165) is 49.4 Å². The van der Waals surface area contributed by atoms with Crippen LogP contribution in [0.2, 0.25) is 0 Å². The van der Waals surface area contributed by atoms with Crippen LogP contribution in [0.4, 0.5) is 5.82 Å². The molecule has 1 fully saturated rings. The van der Waals surface area contributed by atoms with E-state index < -0.39 is 0 Å². The number of anilines is 1. The summed E-state index contributed by atoms with van der Waals surface area (Å²) in [5.41, 5.74) is 1.69. The second-order valence-electron chi connectivity index (χ2n) is 7.83. The van der Waals surface area contributed by atoms with Crippen LogP contribution in [0.1, 0.15) is 39.5 Å². The minimum atomic E-state index is -0.00457. The fourth-order valence-electron chi connectivity index (χ4n) is 3.98. The fourth-order valence-corrected chi connectivity index (χ4v) is 3.98. The normalized spacial score (nSPS) is 18.0. The Morgan fingerprint density at radius 2 is 2.03 bits per heavy atom. The second-order valence-corrected chi connectivity index (χ2v) is 7.83. The first-order valence-corrected chi connectivity index (χ1v) is 10.5. The summed E-state index contributed by atoms with van der Waals surface area (Å²) < 4.78 is 1.79. The number of aromatic nitrogens is 4. The number of carbonyl (C=O) groups excluding carboxylic acids is 1. The average molecular weight is 393 g/mol.